The third-order valence-corrected chi connectivity index (χ3v) is 8.64. The lowest BCUT2D eigenvalue weighted by Crippen LogP contribution is -2.48. The molecule has 32 heavy (non-hydrogen) atoms. The van der Waals surface area contributed by atoms with E-state index in [4.69, 9.17) is 0 Å². The van der Waals surface area contributed by atoms with Crippen molar-refractivity contribution in [3.8, 4) is 0 Å². The minimum Gasteiger partial charge on any atom is -0.339 e. The molecule has 7 nitrogen and oxygen atoms in total. The second-order valence-electron chi connectivity index (χ2n) is 7.98. The van der Waals surface area contributed by atoms with E-state index in [1.165, 1.54) is 28.3 Å². The lowest BCUT2D eigenvalue weighted by molar-refractivity contribution is -0.130. The zero-order chi connectivity index (χ0) is 22.6. The Bertz CT molecular complexity index is 1040. The largest absolute Gasteiger partial charge is 0.339 e. The molecule has 0 bridgehead atoms. The average Bonchev–Trinajstić information content (AvgIpc) is 3.36. The molecule has 10 heteroatoms. The summed E-state index contributed by atoms with van der Waals surface area (Å²) in [5.74, 6) is 0.0729. The van der Waals surface area contributed by atoms with Gasteiger partial charge in [0.1, 0.15) is 10.7 Å². The van der Waals surface area contributed by atoms with Gasteiger partial charge in [-0.3, -0.25) is 9.69 Å². The number of hydrogen-bond donors (Lipinski definition) is 0. The number of aromatic nitrogens is 1. The van der Waals surface area contributed by atoms with Crippen molar-refractivity contribution in [1.29, 1.82) is 0 Å². The Balaban J connectivity index is 1.24. The van der Waals surface area contributed by atoms with Gasteiger partial charge in [0.15, 0.2) is 0 Å². The smallest absolute Gasteiger partial charge is 0.244 e. The first-order valence-corrected chi connectivity index (χ1v) is 13.2. The molecule has 0 N–H and O–H groups in total. The second kappa shape index (κ2) is 10.3. The first-order chi connectivity index (χ1) is 15.4. The molecule has 172 valence electrons. The van der Waals surface area contributed by atoms with Crippen molar-refractivity contribution in [2.45, 2.75) is 29.3 Å². The van der Waals surface area contributed by atoms with Crippen molar-refractivity contribution in [3.05, 3.63) is 54.0 Å². The van der Waals surface area contributed by atoms with E-state index in [2.05, 4.69) is 9.88 Å². The highest BCUT2D eigenvalue weighted by molar-refractivity contribution is 7.99. The summed E-state index contributed by atoms with van der Waals surface area (Å²) in [6.07, 6.45) is 3.15. The fourth-order valence-electron chi connectivity index (χ4n) is 3.93. The van der Waals surface area contributed by atoms with Crippen LogP contribution in [0, 0.1) is 5.82 Å². The van der Waals surface area contributed by atoms with Crippen LogP contribution in [0.25, 0.3) is 0 Å². The molecular weight excluding hydrogens is 451 g/mol. The van der Waals surface area contributed by atoms with Gasteiger partial charge in [0.2, 0.25) is 15.9 Å². The van der Waals surface area contributed by atoms with E-state index >= 15 is 0 Å². The van der Waals surface area contributed by atoms with E-state index in [1.807, 2.05) is 11.0 Å². The molecule has 0 unspecified atom stereocenters. The van der Waals surface area contributed by atoms with Crippen molar-refractivity contribution in [2.75, 3.05) is 45.0 Å². The van der Waals surface area contributed by atoms with Crippen LogP contribution in [-0.4, -0.2) is 78.4 Å². The van der Waals surface area contributed by atoms with Crippen molar-refractivity contribution < 1.29 is 17.6 Å². The van der Waals surface area contributed by atoms with Gasteiger partial charge in [0, 0.05) is 57.6 Å². The zero-order valence-corrected chi connectivity index (χ0v) is 19.5. The Morgan fingerprint density at radius 2 is 1.72 bits per heavy atom. The maximum Gasteiger partial charge on any atom is 0.244 e. The molecule has 0 aliphatic carbocycles. The summed E-state index contributed by atoms with van der Waals surface area (Å²) in [6, 6.07) is 9.99. The fraction of sp³-hybridized carbons (Fsp3) is 0.455. The van der Waals surface area contributed by atoms with Crippen LogP contribution in [0.4, 0.5) is 4.39 Å². The third kappa shape index (κ3) is 5.48. The van der Waals surface area contributed by atoms with Gasteiger partial charge in [-0.25, -0.2) is 17.8 Å². The number of nitrogens with zero attached hydrogens (tertiary/aromatic N) is 4. The van der Waals surface area contributed by atoms with Crippen LogP contribution in [0.5, 0.6) is 0 Å². The van der Waals surface area contributed by atoms with Crippen molar-refractivity contribution in [1.82, 2.24) is 19.1 Å². The Kier molecular flexibility index (Phi) is 7.44. The van der Waals surface area contributed by atoms with Crippen molar-refractivity contribution >= 4 is 27.7 Å². The molecule has 2 aliphatic heterocycles. The molecule has 0 radical (unpaired) electrons. The third-order valence-electron chi connectivity index (χ3n) is 5.83. The minimum absolute atomic E-state index is 0.0242. The average molecular weight is 479 g/mol. The van der Waals surface area contributed by atoms with E-state index in [1.54, 1.807) is 24.3 Å². The molecule has 0 atom stereocenters. The summed E-state index contributed by atoms with van der Waals surface area (Å²) in [5, 5.41) is 0.622. The number of carbonyl (C=O) groups excluding carboxylic acids is 1. The van der Waals surface area contributed by atoms with Gasteiger partial charge >= 0.3 is 0 Å². The number of carbonyl (C=O) groups is 1. The first-order valence-electron chi connectivity index (χ1n) is 10.8. The number of benzene rings is 1. The molecule has 2 fully saturated rings. The highest BCUT2D eigenvalue weighted by atomic mass is 32.2. The highest BCUT2D eigenvalue weighted by Crippen LogP contribution is 2.23. The number of halogens is 1. The molecule has 0 saturated carbocycles. The Hall–Kier alpha value is -2.01. The molecular formula is C22H27FN4O3S2. The predicted molar refractivity (Wildman–Crippen MR) is 121 cm³/mol. The van der Waals surface area contributed by atoms with E-state index in [-0.39, 0.29) is 22.4 Å². The Morgan fingerprint density at radius 3 is 2.38 bits per heavy atom. The number of amides is 1. The van der Waals surface area contributed by atoms with Gasteiger partial charge in [-0.15, -0.1) is 0 Å². The van der Waals surface area contributed by atoms with Crippen molar-refractivity contribution in [3.63, 3.8) is 0 Å². The van der Waals surface area contributed by atoms with Gasteiger partial charge in [0.05, 0.1) is 10.8 Å². The molecule has 4 rings (SSSR count). The highest BCUT2D eigenvalue weighted by Gasteiger charge is 2.27. The van der Waals surface area contributed by atoms with Crippen LogP contribution in [0.3, 0.4) is 0 Å². The predicted octanol–water partition coefficient (Wildman–Crippen LogP) is 2.44. The van der Waals surface area contributed by atoms with Gasteiger partial charge in [-0.2, -0.15) is 4.31 Å². The van der Waals surface area contributed by atoms with Crippen LogP contribution in [0.15, 0.2) is 52.5 Å². The Morgan fingerprint density at radius 1 is 1.00 bits per heavy atom. The summed E-state index contributed by atoms with van der Waals surface area (Å²) in [7, 11) is -3.48. The summed E-state index contributed by atoms with van der Waals surface area (Å²) in [6.45, 7) is 4.27. The molecule has 1 aromatic heterocycles. The monoisotopic (exact) mass is 478 g/mol. The lowest BCUT2D eigenvalue weighted by Gasteiger charge is -2.34. The van der Waals surface area contributed by atoms with Gasteiger partial charge in [0.25, 0.3) is 0 Å². The minimum atomic E-state index is -3.48. The molecule has 1 amide bonds. The zero-order valence-electron chi connectivity index (χ0n) is 17.8. The normalized spacial score (nSPS) is 18.2. The summed E-state index contributed by atoms with van der Waals surface area (Å²) in [5.41, 5.74) is 0.670. The Labute approximate surface area is 192 Å². The fourth-order valence-corrected chi connectivity index (χ4v) is 6.14. The van der Waals surface area contributed by atoms with Crippen LogP contribution < -0.4 is 0 Å². The van der Waals surface area contributed by atoms with E-state index in [0.29, 0.717) is 56.4 Å². The number of rotatable bonds is 7. The topological polar surface area (TPSA) is 73.8 Å². The maximum atomic E-state index is 13.8. The van der Waals surface area contributed by atoms with Crippen LogP contribution in [0.1, 0.15) is 18.4 Å². The quantitative estimate of drug-likeness (QED) is 0.569. The lowest BCUT2D eigenvalue weighted by atomic mass is 10.2. The SMILES string of the molecule is O=C(CSc1ccc(S(=O)(=O)N2CCCC2)cn1)N1CCN(Cc2ccccc2F)CC1. The summed E-state index contributed by atoms with van der Waals surface area (Å²) in [4.78, 5) is 21.0. The number of sulfonamides is 1. The molecule has 3 heterocycles. The number of hydrogen-bond acceptors (Lipinski definition) is 6. The molecule has 1 aromatic carbocycles. The molecule has 2 aliphatic rings. The molecule has 2 saturated heterocycles. The summed E-state index contributed by atoms with van der Waals surface area (Å²) >= 11 is 1.31. The van der Waals surface area contributed by atoms with Crippen molar-refractivity contribution in [2.24, 2.45) is 0 Å². The van der Waals surface area contributed by atoms with Crippen LogP contribution in [0.2, 0.25) is 0 Å². The number of piperazine rings is 1. The van der Waals surface area contributed by atoms with E-state index < -0.39 is 10.0 Å². The van der Waals surface area contributed by atoms with Crippen LogP contribution in [-0.2, 0) is 21.4 Å². The van der Waals surface area contributed by atoms with E-state index in [0.717, 1.165) is 12.8 Å². The second-order valence-corrected chi connectivity index (χ2v) is 10.9. The summed E-state index contributed by atoms with van der Waals surface area (Å²) < 4.78 is 40.5. The van der Waals surface area contributed by atoms with Crippen LogP contribution >= 0.6 is 11.8 Å². The van der Waals surface area contributed by atoms with Gasteiger partial charge < -0.3 is 4.90 Å². The number of thioether (sulfide) groups is 1. The first kappa shape index (κ1) is 23.2. The molecule has 2 aromatic rings. The van der Waals surface area contributed by atoms with Gasteiger partial charge in [-0.1, -0.05) is 30.0 Å². The van der Waals surface area contributed by atoms with E-state index in [9.17, 15) is 17.6 Å². The number of pyridine rings is 1. The van der Waals surface area contributed by atoms with Gasteiger partial charge in [-0.05, 0) is 31.0 Å². The standard InChI is InChI=1S/C22H27FN4O3S2/c23-20-6-2-1-5-18(20)16-25-11-13-26(14-12-25)22(28)17-31-21-8-7-19(15-24-21)32(29,30)27-9-3-4-10-27/h1-2,5-8,15H,3-4,9-14,16-17H2. The molecule has 0 spiro atoms. The maximum absolute atomic E-state index is 13.8.